The Morgan fingerprint density at radius 2 is 1.65 bits per heavy atom. The van der Waals surface area contributed by atoms with Crippen molar-refractivity contribution in [2.75, 3.05) is 17.6 Å². The second kappa shape index (κ2) is 18.2. The highest BCUT2D eigenvalue weighted by Gasteiger charge is 2.28. The Balaban J connectivity index is 1.54. The van der Waals surface area contributed by atoms with Crippen molar-refractivity contribution in [3.63, 3.8) is 0 Å². The molecule has 0 unspecified atom stereocenters. The molecule has 21 heteroatoms. The number of hydrogen-bond acceptors (Lipinski definition) is 13. The number of aliphatic carboxylic acids is 2. The highest BCUT2D eigenvalue weighted by atomic mass is 16.4. The number of amides is 3. The average molecular weight is 711 g/mol. The number of anilines is 2. The number of hydrogen-bond donors (Lipinski definition) is 10. The molecule has 1 aromatic carbocycles. The minimum absolute atomic E-state index is 0.0119. The number of carbonyl (C=O) groups excluding carboxylic acids is 4. The summed E-state index contributed by atoms with van der Waals surface area (Å²) in [6.07, 6.45) is 0.174. The second-order valence-electron chi connectivity index (χ2n) is 11.2. The molecule has 3 aromatic rings. The van der Waals surface area contributed by atoms with Crippen LogP contribution in [0.4, 0.5) is 11.6 Å². The molecule has 0 aliphatic heterocycles. The van der Waals surface area contributed by atoms with Gasteiger partial charge in [-0.05, 0) is 50.5 Å². The average Bonchev–Trinajstić information content (AvgIpc) is 3.06. The highest BCUT2D eigenvalue weighted by Crippen LogP contribution is 2.13. The van der Waals surface area contributed by atoms with Gasteiger partial charge >= 0.3 is 11.9 Å². The molecule has 0 saturated heterocycles. The van der Waals surface area contributed by atoms with Gasteiger partial charge in [-0.1, -0.05) is 0 Å². The Morgan fingerprint density at radius 3 is 2.27 bits per heavy atom. The van der Waals surface area contributed by atoms with Gasteiger partial charge in [-0.15, -0.1) is 0 Å². The van der Waals surface area contributed by atoms with E-state index in [1.165, 1.54) is 25.3 Å². The van der Waals surface area contributed by atoms with E-state index in [0.717, 1.165) is 0 Å². The number of nitrogens with zero attached hydrogens (tertiary/aromatic N) is 4. The fourth-order valence-electron chi connectivity index (χ4n) is 4.57. The summed E-state index contributed by atoms with van der Waals surface area (Å²) in [6.45, 7) is 1.57. The van der Waals surface area contributed by atoms with E-state index >= 15 is 0 Å². The first-order valence-electron chi connectivity index (χ1n) is 15.4. The summed E-state index contributed by atoms with van der Waals surface area (Å²) < 4.78 is 0. The first kappa shape index (κ1) is 38.8. The van der Waals surface area contributed by atoms with Crippen LogP contribution in [-0.2, 0) is 30.5 Å². The van der Waals surface area contributed by atoms with Gasteiger partial charge in [-0.25, -0.2) is 14.8 Å². The largest absolute Gasteiger partial charge is 0.481 e. The van der Waals surface area contributed by atoms with Crippen LogP contribution in [0.2, 0.25) is 0 Å². The van der Waals surface area contributed by atoms with Crippen LogP contribution in [0.25, 0.3) is 11.2 Å². The number of nitrogen functional groups attached to an aromatic ring is 1. The smallest absolute Gasteiger partial charge is 0.326 e. The molecule has 0 spiro atoms. The Bertz CT molecular complexity index is 1860. The van der Waals surface area contributed by atoms with Gasteiger partial charge in [0, 0.05) is 24.2 Å². The molecule has 3 atom stereocenters. The standard InChI is InChI=1S/C30H38N12O9/c1-14(43)18(3-2-10-34-29(31)32)39-26(48)20(11-22(45)46)38-21(44)9-8-19(28(50)51)40-25(47)15-4-6-16(7-5-15)35-12-17-13-36-24-23(37-17)27(49)42-30(33)41-24/h4-7,13,18-20,35H,2-3,8-12H2,1H3,(H,38,44)(H,39,48)(H,40,47)(H,45,46)(H,50,51)(H4,31,32,34)(H3,33,36,41,42,49)/t18-,19-,20-/m0/s1. The predicted molar refractivity (Wildman–Crippen MR) is 181 cm³/mol. The van der Waals surface area contributed by atoms with Crippen molar-refractivity contribution in [2.24, 2.45) is 16.5 Å². The van der Waals surface area contributed by atoms with Gasteiger partial charge in [0.25, 0.3) is 11.5 Å². The lowest BCUT2D eigenvalue weighted by molar-refractivity contribution is -0.141. The van der Waals surface area contributed by atoms with E-state index in [1.807, 2.05) is 0 Å². The number of carboxylic acid groups (broad SMARTS) is 2. The van der Waals surface area contributed by atoms with E-state index in [0.29, 0.717) is 17.8 Å². The van der Waals surface area contributed by atoms with E-state index in [4.69, 9.17) is 17.2 Å². The lowest BCUT2D eigenvalue weighted by Gasteiger charge is -2.21. The first-order chi connectivity index (χ1) is 24.1. The maximum Gasteiger partial charge on any atom is 0.326 e. The number of carboxylic acids is 2. The summed E-state index contributed by atoms with van der Waals surface area (Å²) >= 11 is 0. The molecular weight excluding hydrogens is 672 g/mol. The minimum Gasteiger partial charge on any atom is -0.481 e. The Hall–Kier alpha value is -6.67. The molecule has 2 aromatic heterocycles. The Kier molecular flexibility index (Phi) is 13.8. The summed E-state index contributed by atoms with van der Waals surface area (Å²) in [4.78, 5) is 104. The summed E-state index contributed by atoms with van der Waals surface area (Å²) in [6, 6.07) is 1.87. The molecular formula is C30H38N12O9. The molecule has 272 valence electrons. The van der Waals surface area contributed by atoms with Gasteiger partial charge in [-0.2, -0.15) is 4.98 Å². The van der Waals surface area contributed by atoms with Crippen molar-refractivity contribution in [1.82, 2.24) is 35.9 Å². The third-order valence-corrected chi connectivity index (χ3v) is 7.15. The van der Waals surface area contributed by atoms with Crippen LogP contribution in [0.5, 0.6) is 0 Å². The molecule has 0 aliphatic carbocycles. The maximum absolute atomic E-state index is 12.8. The monoisotopic (exact) mass is 710 g/mol. The number of rotatable bonds is 19. The molecule has 2 heterocycles. The molecule has 0 aliphatic rings. The number of ketones is 1. The third-order valence-electron chi connectivity index (χ3n) is 7.15. The van der Waals surface area contributed by atoms with E-state index < -0.39 is 78.4 Å². The van der Waals surface area contributed by atoms with Crippen LogP contribution in [0, 0.1) is 0 Å². The van der Waals surface area contributed by atoms with Gasteiger partial charge in [0.05, 0.1) is 30.9 Å². The number of nitrogens with one attached hydrogen (secondary N) is 5. The number of aromatic nitrogens is 4. The summed E-state index contributed by atoms with van der Waals surface area (Å²) in [5, 5.41) is 29.0. The van der Waals surface area contributed by atoms with Crippen molar-refractivity contribution in [3.8, 4) is 0 Å². The molecule has 0 bridgehead atoms. The van der Waals surface area contributed by atoms with Crippen LogP contribution in [-0.4, -0.2) is 96.2 Å². The molecule has 51 heavy (non-hydrogen) atoms. The SMILES string of the molecule is CC(=O)[C@H](CCCN=C(N)N)NC(=O)[C@H](CC(=O)O)NC(=O)CC[C@H](NC(=O)c1ccc(NCc2cnc3nc(N)[nH]c(=O)c3n2)cc1)C(=O)O. The molecule has 13 N–H and O–H groups in total. The number of nitrogens with two attached hydrogens (primary N) is 3. The van der Waals surface area contributed by atoms with Gasteiger partial charge in [-0.3, -0.25) is 38.7 Å². The number of aliphatic imine (C=N–C) groups is 1. The number of benzene rings is 1. The van der Waals surface area contributed by atoms with E-state index in [2.05, 4.69) is 46.2 Å². The van der Waals surface area contributed by atoms with Crippen molar-refractivity contribution >= 4 is 64.2 Å². The van der Waals surface area contributed by atoms with Crippen LogP contribution in [0.1, 0.15) is 55.1 Å². The van der Waals surface area contributed by atoms with Crippen LogP contribution in [0.3, 0.4) is 0 Å². The third kappa shape index (κ3) is 12.4. The zero-order valence-corrected chi connectivity index (χ0v) is 27.3. The summed E-state index contributed by atoms with van der Waals surface area (Å²) in [5.41, 5.74) is 16.7. The van der Waals surface area contributed by atoms with Gasteiger partial charge in [0.1, 0.15) is 12.1 Å². The van der Waals surface area contributed by atoms with E-state index in [-0.39, 0.29) is 48.1 Å². The number of guanidine groups is 1. The van der Waals surface area contributed by atoms with Crippen LogP contribution in [0.15, 0.2) is 40.2 Å². The van der Waals surface area contributed by atoms with Crippen molar-refractivity contribution < 1.29 is 39.0 Å². The van der Waals surface area contributed by atoms with E-state index in [9.17, 15) is 43.8 Å². The van der Waals surface area contributed by atoms with E-state index in [1.54, 1.807) is 12.1 Å². The number of Topliss-reactive ketones (excluding diaryl/α,β-unsaturated/α-hetero) is 1. The topological polar surface area (TPSA) is 353 Å². The molecule has 0 saturated carbocycles. The first-order valence-corrected chi connectivity index (χ1v) is 15.4. The van der Waals surface area contributed by atoms with Gasteiger partial charge < -0.3 is 48.7 Å². The number of aromatic amines is 1. The van der Waals surface area contributed by atoms with Crippen LogP contribution < -0.4 is 44.0 Å². The highest BCUT2D eigenvalue weighted by molar-refractivity contribution is 5.97. The molecule has 0 radical (unpaired) electrons. The lowest BCUT2D eigenvalue weighted by Crippen LogP contribution is -2.52. The second-order valence-corrected chi connectivity index (χ2v) is 11.2. The van der Waals surface area contributed by atoms with Gasteiger partial charge in [0.15, 0.2) is 22.9 Å². The van der Waals surface area contributed by atoms with Crippen LogP contribution >= 0.6 is 0 Å². The molecule has 3 amide bonds. The minimum atomic E-state index is -1.58. The molecule has 21 nitrogen and oxygen atoms in total. The van der Waals surface area contributed by atoms with Crippen molar-refractivity contribution in [1.29, 1.82) is 0 Å². The molecule has 0 fully saturated rings. The number of carbonyl (C=O) groups is 6. The Morgan fingerprint density at radius 1 is 0.941 bits per heavy atom. The zero-order valence-electron chi connectivity index (χ0n) is 27.3. The normalized spacial score (nSPS) is 12.5. The predicted octanol–water partition coefficient (Wildman–Crippen LogP) is -2.04. The molecule has 3 rings (SSSR count). The fourth-order valence-corrected chi connectivity index (χ4v) is 4.57. The maximum atomic E-state index is 12.8. The summed E-state index contributed by atoms with van der Waals surface area (Å²) in [5.74, 6) is -6.05. The van der Waals surface area contributed by atoms with Crippen molar-refractivity contribution in [2.45, 2.75) is 63.7 Å². The summed E-state index contributed by atoms with van der Waals surface area (Å²) in [7, 11) is 0. The van der Waals surface area contributed by atoms with Crippen molar-refractivity contribution in [3.05, 3.63) is 52.1 Å². The number of H-pyrrole nitrogens is 1. The van der Waals surface area contributed by atoms with Gasteiger partial charge in [0.2, 0.25) is 17.8 Å². The quantitative estimate of drug-likeness (QED) is 0.0364. The number of fused-ring (bicyclic) bond motifs is 1. The lowest BCUT2D eigenvalue weighted by atomic mass is 10.1. The fraction of sp³-hybridized carbons (Fsp3) is 0.367. The zero-order chi connectivity index (χ0) is 37.7. The Labute approximate surface area is 288 Å².